The number of nitrogens with zero attached hydrogens (tertiary/aromatic N) is 2. The highest BCUT2D eigenvalue weighted by Crippen LogP contribution is 2.30. The standard InChI is InChI=1S/C14H17F2N3OS/c1-19(2)14-18-13(20-3)12(21-14)8-17-7-9-6-10(15)4-5-11(9)16/h4-6,17H,7-8H2,1-3H3. The molecule has 0 saturated heterocycles. The van der Waals surface area contributed by atoms with Gasteiger partial charge in [0, 0.05) is 32.7 Å². The molecule has 0 aliphatic carbocycles. The average molecular weight is 313 g/mol. The summed E-state index contributed by atoms with van der Waals surface area (Å²) in [5, 5.41) is 3.91. The Bertz CT molecular complexity index is 616. The van der Waals surface area contributed by atoms with Crippen molar-refractivity contribution >= 4 is 16.5 Å². The minimum Gasteiger partial charge on any atom is -0.480 e. The number of hydrogen-bond donors (Lipinski definition) is 1. The average Bonchev–Trinajstić information content (AvgIpc) is 2.86. The third-order valence-corrected chi connectivity index (χ3v) is 4.04. The van der Waals surface area contributed by atoms with E-state index in [1.54, 1.807) is 7.11 Å². The first-order valence-corrected chi connectivity index (χ1v) is 7.18. The van der Waals surface area contributed by atoms with Gasteiger partial charge >= 0.3 is 0 Å². The van der Waals surface area contributed by atoms with Crippen LogP contribution in [0.5, 0.6) is 5.88 Å². The van der Waals surface area contributed by atoms with E-state index in [9.17, 15) is 8.78 Å². The topological polar surface area (TPSA) is 37.4 Å². The largest absolute Gasteiger partial charge is 0.480 e. The van der Waals surface area contributed by atoms with Crippen LogP contribution in [0.3, 0.4) is 0 Å². The number of nitrogens with one attached hydrogen (secondary N) is 1. The number of benzene rings is 1. The fourth-order valence-corrected chi connectivity index (χ4v) is 2.70. The summed E-state index contributed by atoms with van der Waals surface area (Å²) in [4.78, 5) is 7.14. The van der Waals surface area contributed by atoms with Crippen LogP contribution in [0, 0.1) is 11.6 Å². The summed E-state index contributed by atoms with van der Waals surface area (Å²) in [6.45, 7) is 0.715. The van der Waals surface area contributed by atoms with Crippen molar-refractivity contribution in [2.24, 2.45) is 0 Å². The molecule has 21 heavy (non-hydrogen) atoms. The second kappa shape index (κ2) is 6.82. The second-order valence-electron chi connectivity index (χ2n) is 4.66. The van der Waals surface area contributed by atoms with Crippen molar-refractivity contribution in [2.75, 3.05) is 26.1 Å². The van der Waals surface area contributed by atoms with Crippen molar-refractivity contribution in [3.05, 3.63) is 40.3 Å². The van der Waals surface area contributed by atoms with Gasteiger partial charge in [-0.3, -0.25) is 0 Å². The predicted molar refractivity (Wildman–Crippen MR) is 79.9 cm³/mol. The number of methoxy groups -OCH3 is 1. The third-order valence-electron chi connectivity index (χ3n) is 2.83. The summed E-state index contributed by atoms with van der Waals surface area (Å²) >= 11 is 1.49. The highest BCUT2D eigenvalue weighted by molar-refractivity contribution is 7.15. The van der Waals surface area contributed by atoms with Crippen LogP contribution in [-0.2, 0) is 13.1 Å². The van der Waals surface area contributed by atoms with Gasteiger partial charge in [-0.15, -0.1) is 0 Å². The van der Waals surface area contributed by atoms with Crippen molar-refractivity contribution in [1.29, 1.82) is 0 Å². The van der Waals surface area contributed by atoms with Gasteiger partial charge in [0.2, 0.25) is 5.88 Å². The SMILES string of the molecule is COc1nc(N(C)C)sc1CNCc1cc(F)ccc1F. The van der Waals surface area contributed by atoms with E-state index < -0.39 is 11.6 Å². The number of ether oxygens (including phenoxy) is 1. The summed E-state index contributed by atoms with van der Waals surface area (Å²) in [5.74, 6) is -0.316. The van der Waals surface area contributed by atoms with E-state index in [2.05, 4.69) is 10.3 Å². The predicted octanol–water partition coefficient (Wildman–Crippen LogP) is 2.79. The summed E-state index contributed by atoms with van der Waals surface area (Å²) in [6.07, 6.45) is 0. The van der Waals surface area contributed by atoms with Gasteiger partial charge in [-0.05, 0) is 18.2 Å². The molecule has 0 aliphatic rings. The molecule has 1 N–H and O–H groups in total. The summed E-state index contributed by atoms with van der Waals surface area (Å²) in [6, 6.07) is 3.43. The lowest BCUT2D eigenvalue weighted by molar-refractivity contribution is 0.394. The van der Waals surface area contributed by atoms with Gasteiger partial charge in [0.1, 0.15) is 11.6 Å². The monoisotopic (exact) mass is 313 g/mol. The summed E-state index contributed by atoms with van der Waals surface area (Å²) in [7, 11) is 5.36. The zero-order valence-electron chi connectivity index (χ0n) is 12.1. The first-order valence-electron chi connectivity index (χ1n) is 6.37. The number of halogens is 2. The smallest absolute Gasteiger partial charge is 0.230 e. The molecule has 1 aromatic heterocycles. The van der Waals surface area contributed by atoms with Gasteiger partial charge < -0.3 is 15.0 Å². The molecule has 0 aliphatic heterocycles. The van der Waals surface area contributed by atoms with E-state index >= 15 is 0 Å². The third kappa shape index (κ3) is 3.89. The molecule has 0 saturated carbocycles. The molecule has 1 heterocycles. The number of rotatable bonds is 6. The summed E-state index contributed by atoms with van der Waals surface area (Å²) in [5.41, 5.74) is 0.298. The molecule has 1 aromatic carbocycles. The lowest BCUT2D eigenvalue weighted by atomic mass is 10.2. The van der Waals surface area contributed by atoms with Gasteiger partial charge in [-0.2, -0.15) is 4.98 Å². The van der Waals surface area contributed by atoms with E-state index in [-0.39, 0.29) is 6.54 Å². The van der Waals surface area contributed by atoms with Crippen molar-refractivity contribution < 1.29 is 13.5 Å². The molecule has 7 heteroatoms. The van der Waals surface area contributed by atoms with Crippen LogP contribution in [0.1, 0.15) is 10.4 Å². The Morgan fingerprint density at radius 2 is 2.05 bits per heavy atom. The van der Waals surface area contributed by atoms with Crippen molar-refractivity contribution in [2.45, 2.75) is 13.1 Å². The Labute approximate surface area is 126 Å². The maximum absolute atomic E-state index is 13.5. The van der Waals surface area contributed by atoms with Crippen LogP contribution in [-0.4, -0.2) is 26.2 Å². The van der Waals surface area contributed by atoms with Crippen molar-refractivity contribution in [3.63, 3.8) is 0 Å². The molecule has 0 bridgehead atoms. The Kier molecular flexibility index (Phi) is 5.08. The lowest BCUT2D eigenvalue weighted by Crippen LogP contribution is -2.13. The maximum atomic E-state index is 13.5. The fourth-order valence-electron chi connectivity index (χ4n) is 1.78. The van der Waals surface area contributed by atoms with E-state index in [0.717, 1.165) is 22.1 Å². The Morgan fingerprint density at radius 1 is 1.29 bits per heavy atom. The van der Waals surface area contributed by atoms with Gasteiger partial charge in [-0.1, -0.05) is 11.3 Å². The highest BCUT2D eigenvalue weighted by Gasteiger charge is 2.13. The van der Waals surface area contributed by atoms with Crippen LogP contribution in [0.25, 0.3) is 0 Å². The zero-order chi connectivity index (χ0) is 15.4. The van der Waals surface area contributed by atoms with Gasteiger partial charge in [-0.25, -0.2) is 8.78 Å². The molecule has 0 spiro atoms. The van der Waals surface area contributed by atoms with E-state index in [1.807, 2.05) is 19.0 Å². The first kappa shape index (κ1) is 15.7. The van der Waals surface area contributed by atoms with Crippen LogP contribution < -0.4 is 15.0 Å². The van der Waals surface area contributed by atoms with Crippen LogP contribution in [0.4, 0.5) is 13.9 Å². The van der Waals surface area contributed by atoms with Crippen molar-refractivity contribution in [3.8, 4) is 5.88 Å². The molecule has 0 amide bonds. The number of thiazole rings is 1. The highest BCUT2D eigenvalue weighted by atomic mass is 32.1. The molecular formula is C14H17F2N3OS. The Balaban J connectivity index is 2.01. The van der Waals surface area contributed by atoms with E-state index in [0.29, 0.717) is 18.0 Å². The molecule has 0 radical (unpaired) electrons. The fraction of sp³-hybridized carbons (Fsp3) is 0.357. The minimum atomic E-state index is -0.446. The molecule has 114 valence electrons. The van der Waals surface area contributed by atoms with Crippen LogP contribution in [0.2, 0.25) is 0 Å². The van der Waals surface area contributed by atoms with Gasteiger partial charge in [0.15, 0.2) is 5.13 Å². The molecule has 2 rings (SSSR count). The molecule has 0 fully saturated rings. The molecule has 2 aromatic rings. The number of hydrogen-bond acceptors (Lipinski definition) is 5. The quantitative estimate of drug-likeness (QED) is 0.890. The normalized spacial score (nSPS) is 10.7. The zero-order valence-corrected chi connectivity index (χ0v) is 12.9. The number of aromatic nitrogens is 1. The minimum absolute atomic E-state index is 0.238. The second-order valence-corrected chi connectivity index (χ2v) is 5.72. The molecule has 0 atom stereocenters. The maximum Gasteiger partial charge on any atom is 0.230 e. The van der Waals surface area contributed by atoms with E-state index in [1.165, 1.54) is 17.4 Å². The summed E-state index contributed by atoms with van der Waals surface area (Å²) < 4.78 is 31.8. The van der Waals surface area contributed by atoms with Crippen molar-refractivity contribution in [1.82, 2.24) is 10.3 Å². The Morgan fingerprint density at radius 3 is 2.71 bits per heavy atom. The van der Waals surface area contributed by atoms with Crippen LogP contribution in [0.15, 0.2) is 18.2 Å². The van der Waals surface area contributed by atoms with Gasteiger partial charge in [0.05, 0.1) is 12.0 Å². The van der Waals surface area contributed by atoms with E-state index in [4.69, 9.17) is 4.74 Å². The first-order chi connectivity index (χ1) is 10.0. The molecule has 0 unspecified atom stereocenters. The number of anilines is 1. The van der Waals surface area contributed by atoms with Crippen LogP contribution >= 0.6 is 11.3 Å². The Hall–Kier alpha value is -1.73. The molecule has 4 nitrogen and oxygen atoms in total. The lowest BCUT2D eigenvalue weighted by Gasteiger charge is -2.06. The molecular weight excluding hydrogens is 296 g/mol. The van der Waals surface area contributed by atoms with Gasteiger partial charge in [0.25, 0.3) is 0 Å².